The van der Waals surface area contributed by atoms with E-state index in [4.69, 9.17) is 14.5 Å². The van der Waals surface area contributed by atoms with E-state index in [1.807, 2.05) is 0 Å². The fourth-order valence-electron chi connectivity index (χ4n) is 1.71. The van der Waals surface area contributed by atoms with E-state index in [2.05, 4.69) is 9.51 Å². The maximum absolute atomic E-state index is 11.7. The van der Waals surface area contributed by atoms with E-state index in [9.17, 15) is 14.2 Å². The first-order valence-corrected chi connectivity index (χ1v) is 7.17. The van der Waals surface area contributed by atoms with E-state index in [1.165, 1.54) is 10.8 Å². The maximum atomic E-state index is 11.7. The highest BCUT2D eigenvalue weighted by Crippen LogP contribution is 2.37. The molecule has 0 saturated carbocycles. The summed E-state index contributed by atoms with van der Waals surface area (Å²) in [5.74, 6) is 0.217. The van der Waals surface area contributed by atoms with Gasteiger partial charge >= 0.3 is 13.5 Å². The van der Waals surface area contributed by atoms with Crippen molar-refractivity contribution in [2.45, 2.75) is 19.6 Å². The third-order valence-corrected chi connectivity index (χ3v) is 3.13. The molecule has 10 heteroatoms. The second-order valence-corrected chi connectivity index (χ2v) is 5.46. The fourth-order valence-corrected chi connectivity index (χ4v) is 2.01. The molecule has 0 unspecified atom stereocenters. The number of aryl methyl sites for hydroxylation is 1. The number of phosphoric ester groups is 1. The lowest BCUT2D eigenvalue weighted by atomic mass is 10.3. The summed E-state index contributed by atoms with van der Waals surface area (Å²) < 4.78 is 21.4. The smallest absolute Gasteiger partial charge is 0.470 e. The lowest BCUT2D eigenvalue weighted by Crippen LogP contribution is -2.33. The Morgan fingerprint density at radius 1 is 1.55 bits per heavy atom. The molecule has 2 heterocycles. The first-order chi connectivity index (χ1) is 9.26. The number of nitrogens with zero attached hydrogens (tertiary/aromatic N) is 1. The van der Waals surface area contributed by atoms with Crippen molar-refractivity contribution in [3.63, 3.8) is 0 Å². The zero-order valence-electron chi connectivity index (χ0n) is 10.5. The average Bonchev–Trinajstić information content (AvgIpc) is 2.79. The molecule has 1 atom stereocenters. The minimum atomic E-state index is -4.57. The molecule has 1 aliphatic rings. The van der Waals surface area contributed by atoms with Gasteiger partial charge in [-0.05, 0) is 13.0 Å². The molecule has 1 aromatic rings. The Kier molecular flexibility index (Phi) is 3.96. The summed E-state index contributed by atoms with van der Waals surface area (Å²) in [5, 5.41) is 0. The summed E-state index contributed by atoms with van der Waals surface area (Å²) in [6.07, 6.45) is 2.58. The predicted octanol–water partition coefficient (Wildman–Crippen LogP) is -0.243. The van der Waals surface area contributed by atoms with E-state index in [1.54, 1.807) is 13.0 Å². The molecule has 3 N–H and O–H groups in total. The second-order valence-electron chi connectivity index (χ2n) is 4.22. The summed E-state index contributed by atoms with van der Waals surface area (Å²) in [6, 6.07) is 0. The molecule has 0 bridgehead atoms. The van der Waals surface area contributed by atoms with Crippen LogP contribution in [0.4, 0.5) is 0 Å². The van der Waals surface area contributed by atoms with Crippen LogP contribution in [0.25, 0.3) is 0 Å². The number of phosphoric acid groups is 1. The number of hydrogen-bond acceptors (Lipinski definition) is 5. The van der Waals surface area contributed by atoms with Gasteiger partial charge in [0.05, 0.1) is 0 Å². The molecule has 0 spiro atoms. The van der Waals surface area contributed by atoms with Crippen molar-refractivity contribution in [1.29, 1.82) is 0 Å². The molecule has 9 nitrogen and oxygen atoms in total. The van der Waals surface area contributed by atoms with Crippen molar-refractivity contribution in [2.75, 3.05) is 6.61 Å². The van der Waals surface area contributed by atoms with Crippen molar-refractivity contribution in [3.05, 3.63) is 44.4 Å². The minimum absolute atomic E-state index is 0.217. The van der Waals surface area contributed by atoms with E-state index in [0.717, 1.165) is 0 Å². The van der Waals surface area contributed by atoms with Gasteiger partial charge in [0.15, 0.2) is 6.23 Å². The zero-order chi connectivity index (χ0) is 14.9. The van der Waals surface area contributed by atoms with Gasteiger partial charge in [-0.1, -0.05) is 0 Å². The first-order valence-electron chi connectivity index (χ1n) is 5.64. The Hall–Kier alpha value is -1.67. The second kappa shape index (κ2) is 5.37. The van der Waals surface area contributed by atoms with Gasteiger partial charge in [-0.25, -0.2) is 9.36 Å². The molecule has 20 heavy (non-hydrogen) atoms. The summed E-state index contributed by atoms with van der Waals surface area (Å²) in [4.78, 5) is 42.2. The number of H-pyrrole nitrogens is 1. The van der Waals surface area contributed by atoms with Crippen LogP contribution >= 0.6 is 7.82 Å². The van der Waals surface area contributed by atoms with E-state index in [0.29, 0.717) is 12.0 Å². The van der Waals surface area contributed by atoms with Crippen LogP contribution in [0.5, 0.6) is 0 Å². The quantitative estimate of drug-likeness (QED) is 0.654. The van der Waals surface area contributed by atoms with Crippen LogP contribution in [0, 0.1) is 6.92 Å². The maximum Gasteiger partial charge on any atom is 0.470 e. The first kappa shape index (κ1) is 14.7. The van der Waals surface area contributed by atoms with Gasteiger partial charge in [0.25, 0.3) is 5.56 Å². The average molecular weight is 304 g/mol. The van der Waals surface area contributed by atoms with Gasteiger partial charge < -0.3 is 14.5 Å². The lowest BCUT2D eigenvalue weighted by Gasteiger charge is -2.16. The molecular weight excluding hydrogens is 291 g/mol. The number of ether oxygens (including phenoxy) is 1. The molecule has 0 radical (unpaired) electrons. The lowest BCUT2D eigenvalue weighted by molar-refractivity contribution is 0.0572. The Labute approximate surface area is 112 Å². The summed E-state index contributed by atoms with van der Waals surface area (Å²) in [5.41, 5.74) is -0.730. The van der Waals surface area contributed by atoms with Crippen molar-refractivity contribution in [3.8, 4) is 0 Å². The van der Waals surface area contributed by atoms with Gasteiger partial charge in [-0.15, -0.1) is 0 Å². The standard InChI is InChI=1S/C10H13N2O7P/c1-6-4-12(10(14)11-9(6)13)8-3-2-7(19-8)5-18-20(15,16)17/h2,4,8H,3,5H2,1H3,(H,11,13,14)(H2,15,16,17)/t8-/m1/s1. The monoisotopic (exact) mass is 304 g/mol. The Balaban J connectivity index is 2.09. The van der Waals surface area contributed by atoms with Crippen LogP contribution in [-0.4, -0.2) is 25.9 Å². The molecule has 0 amide bonds. The van der Waals surface area contributed by atoms with Gasteiger partial charge in [-0.2, -0.15) is 0 Å². The number of hydrogen-bond donors (Lipinski definition) is 3. The van der Waals surface area contributed by atoms with Gasteiger partial charge in [0.1, 0.15) is 12.4 Å². The van der Waals surface area contributed by atoms with Crippen LogP contribution in [0.2, 0.25) is 0 Å². The van der Waals surface area contributed by atoms with E-state index < -0.39 is 31.9 Å². The molecular formula is C10H13N2O7P. The predicted molar refractivity (Wildman–Crippen MR) is 66.9 cm³/mol. The molecule has 2 rings (SSSR count). The topological polar surface area (TPSA) is 131 Å². The van der Waals surface area contributed by atoms with Crippen LogP contribution in [0.15, 0.2) is 27.6 Å². The largest absolute Gasteiger partial charge is 0.472 e. The Bertz CT molecular complexity index is 698. The Morgan fingerprint density at radius 2 is 2.25 bits per heavy atom. The van der Waals surface area contributed by atoms with E-state index in [-0.39, 0.29) is 5.76 Å². The summed E-state index contributed by atoms with van der Waals surface area (Å²) in [6.45, 7) is 1.16. The zero-order valence-corrected chi connectivity index (χ0v) is 11.4. The van der Waals surface area contributed by atoms with Crippen molar-refractivity contribution >= 4 is 7.82 Å². The van der Waals surface area contributed by atoms with Crippen LogP contribution in [0.1, 0.15) is 18.2 Å². The van der Waals surface area contributed by atoms with Crippen LogP contribution in [-0.2, 0) is 13.8 Å². The number of aromatic nitrogens is 2. The van der Waals surface area contributed by atoms with Gasteiger partial charge in [0, 0.05) is 18.2 Å². The minimum Gasteiger partial charge on any atom is -0.472 e. The Morgan fingerprint density at radius 3 is 2.90 bits per heavy atom. The highest BCUT2D eigenvalue weighted by Gasteiger charge is 2.24. The summed E-state index contributed by atoms with van der Waals surface area (Å²) >= 11 is 0. The van der Waals surface area contributed by atoms with Gasteiger partial charge in [0.2, 0.25) is 0 Å². The molecule has 0 aliphatic carbocycles. The third-order valence-electron chi connectivity index (χ3n) is 2.67. The highest BCUT2D eigenvalue weighted by molar-refractivity contribution is 7.46. The SMILES string of the molecule is Cc1cn([C@H]2CC=C(COP(=O)(O)O)O2)c(=O)[nH]c1=O. The van der Waals surface area contributed by atoms with Crippen molar-refractivity contribution < 1.29 is 23.6 Å². The number of nitrogens with one attached hydrogen (secondary N) is 1. The number of aromatic amines is 1. The van der Waals surface area contributed by atoms with Crippen molar-refractivity contribution in [2.24, 2.45) is 0 Å². The normalized spacial score (nSPS) is 18.8. The fraction of sp³-hybridized carbons (Fsp3) is 0.400. The van der Waals surface area contributed by atoms with Crippen LogP contribution in [0.3, 0.4) is 0 Å². The molecule has 110 valence electrons. The molecule has 1 aromatic heterocycles. The van der Waals surface area contributed by atoms with Crippen LogP contribution < -0.4 is 11.2 Å². The van der Waals surface area contributed by atoms with E-state index >= 15 is 0 Å². The molecule has 0 aromatic carbocycles. The molecule has 0 saturated heterocycles. The highest BCUT2D eigenvalue weighted by atomic mass is 31.2. The summed E-state index contributed by atoms with van der Waals surface area (Å²) in [7, 11) is -4.57. The molecule has 1 aliphatic heterocycles. The van der Waals surface area contributed by atoms with Gasteiger partial charge in [-0.3, -0.25) is 18.9 Å². The van der Waals surface area contributed by atoms with Crippen molar-refractivity contribution in [1.82, 2.24) is 9.55 Å². The molecule has 0 fully saturated rings. The number of rotatable bonds is 4. The third kappa shape index (κ3) is 3.45.